The number of carbonyl (C=O) groups excluding carboxylic acids is 1. The highest BCUT2D eigenvalue weighted by atomic mass is 32.1. The van der Waals surface area contributed by atoms with E-state index in [1.807, 2.05) is 0 Å². The monoisotopic (exact) mass is 298 g/mol. The van der Waals surface area contributed by atoms with Crippen LogP contribution in [0.3, 0.4) is 0 Å². The second-order valence-corrected chi connectivity index (χ2v) is 5.76. The third kappa shape index (κ3) is 4.26. The summed E-state index contributed by atoms with van der Waals surface area (Å²) in [6.07, 6.45) is 1.84. The molecule has 1 saturated heterocycles. The zero-order valence-corrected chi connectivity index (χ0v) is 11.9. The largest absolute Gasteiger partial charge is 0.476 e. The lowest BCUT2D eigenvalue weighted by atomic mass is 10.1. The molecule has 1 fully saturated rings. The Bertz CT molecular complexity index is 483. The van der Waals surface area contributed by atoms with Crippen LogP contribution in [-0.4, -0.2) is 52.5 Å². The van der Waals surface area contributed by atoms with Crippen LogP contribution in [0.25, 0.3) is 0 Å². The molecule has 8 heteroatoms. The zero-order chi connectivity index (χ0) is 14.5. The summed E-state index contributed by atoms with van der Waals surface area (Å²) in [6, 6.07) is 0.249. The molecule has 20 heavy (non-hydrogen) atoms. The van der Waals surface area contributed by atoms with Crippen LogP contribution in [0.2, 0.25) is 0 Å². The average molecular weight is 298 g/mol. The number of piperidine rings is 1. The highest BCUT2D eigenvalue weighted by Gasteiger charge is 2.18. The van der Waals surface area contributed by atoms with Crippen LogP contribution in [0, 0.1) is 0 Å². The van der Waals surface area contributed by atoms with E-state index in [0.29, 0.717) is 11.6 Å². The van der Waals surface area contributed by atoms with E-state index in [0.717, 1.165) is 25.9 Å². The normalized spacial score (nSPS) is 17.1. The van der Waals surface area contributed by atoms with Gasteiger partial charge >= 0.3 is 5.97 Å². The van der Waals surface area contributed by atoms with Crippen molar-refractivity contribution in [3.63, 3.8) is 0 Å². The lowest BCUT2D eigenvalue weighted by Crippen LogP contribution is -2.44. The van der Waals surface area contributed by atoms with Gasteiger partial charge in [0, 0.05) is 24.5 Å². The van der Waals surface area contributed by atoms with Crippen molar-refractivity contribution in [1.82, 2.24) is 15.2 Å². The van der Waals surface area contributed by atoms with Gasteiger partial charge in [-0.1, -0.05) is 0 Å². The summed E-state index contributed by atoms with van der Waals surface area (Å²) in [4.78, 5) is 28.5. The number of rotatable bonds is 5. The lowest BCUT2D eigenvalue weighted by molar-refractivity contribution is -0.122. The quantitative estimate of drug-likeness (QED) is 0.699. The van der Waals surface area contributed by atoms with Gasteiger partial charge in [0.25, 0.3) is 0 Å². The Morgan fingerprint density at radius 3 is 2.80 bits per heavy atom. The minimum Gasteiger partial charge on any atom is -0.476 e. The molecule has 1 aromatic heterocycles. The summed E-state index contributed by atoms with van der Waals surface area (Å²) in [5.74, 6) is -1.13. The summed E-state index contributed by atoms with van der Waals surface area (Å²) < 4.78 is 0. The summed E-state index contributed by atoms with van der Waals surface area (Å²) >= 11 is 1.23. The molecule has 2 heterocycles. The molecular weight excluding hydrogens is 280 g/mol. The van der Waals surface area contributed by atoms with E-state index in [-0.39, 0.29) is 24.2 Å². The van der Waals surface area contributed by atoms with Crippen molar-refractivity contribution in [2.24, 2.45) is 5.73 Å². The Morgan fingerprint density at radius 2 is 2.20 bits per heavy atom. The SMILES string of the molecule is NC1CCN(CC(=O)NCc2nc(C(=O)O)cs2)CC1. The van der Waals surface area contributed by atoms with Gasteiger partial charge in [-0.2, -0.15) is 0 Å². The number of nitrogens with one attached hydrogen (secondary N) is 1. The van der Waals surface area contributed by atoms with Crippen molar-refractivity contribution >= 4 is 23.2 Å². The fourth-order valence-electron chi connectivity index (χ4n) is 2.03. The molecule has 7 nitrogen and oxygen atoms in total. The van der Waals surface area contributed by atoms with Gasteiger partial charge in [0.1, 0.15) is 5.01 Å². The van der Waals surface area contributed by atoms with Crippen LogP contribution < -0.4 is 11.1 Å². The van der Waals surface area contributed by atoms with E-state index in [4.69, 9.17) is 10.8 Å². The second kappa shape index (κ2) is 6.78. The topological polar surface area (TPSA) is 109 Å². The van der Waals surface area contributed by atoms with Gasteiger partial charge in [-0.25, -0.2) is 9.78 Å². The molecular formula is C12H18N4O3S. The van der Waals surface area contributed by atoms with Gasteiger partial charge in [-0.3, -0.25) is 9.69 Å². The molecule has 2 rings (SSSR count). The zero-order valence-electron chi connectivity index (χ0n) is 11.0. The summed E-state index contributed by atoms with van der Waals surface area (Å²) in [6.45, 7) is 2.30. The van der Waals surface area contributed by atoms with Crippen molar-refractivity contribution in [3.8, 4) is 0 Å². The van der Waals surface area contributed by atoms with Gasteiger partial charge < -0.3 is 16.2 Å². The van der Waals surface area contributed by atoms with Crippen molar-refractivity contribution in [3.05, 3.63) is 16.1 Å². The number of carboxylic acid groups (broad SMARTS) is 1. The van der Waals surface area contributed by atoms with Crippen molar-refractivity contribution in [1.29, 1.82) is 0 Å². The minimum absolute atomic E-state index is 0.0178. The standard InChI is InChI=1S/C12H18N4O3S/c13-8-1-3-16(4-2-8)6-10(17)14-5-11-15-9(7-20-11)12(18)19/h7-8H,1-6,13H2,(H,14,17)(H,18,19). The maximum absolute atomic E-state index is 11.8. The van der Waals surface area contributed by atoms with Crippen molar-refractivity contribution in [2.75, 3.05) is 19.6 Å². The molecule has 1 aliphatic heterocycles. The van der Waals surface area contributed by atoms with Gasteiger partial charge in [-0.05, 0) is 12.8 Å². The van der Waals surface area contributed by atoms with Gasteiger partial charge in [0.05, 0.1) is 13.1 Å². The summed E-state index contributed by atoms with van der Waals surface area (Å²) in [5.41, 5.74) is 5.82. The minimum atomic E-state index is -1.05. The molecule has 0 radical (unpaired) electrons. The molecule has 1 aliphatic rings. The van der Waals surface area contributed by atoms with E-state index < -0.39 is 5.97 Å². The number of aromatic carboxylic acids is 1. The molecule has 0 unspecified atom stereocenters. The fourth-order valence-corrected chi connectivity index (χ4v) is 2.74. The first kappa shape index (κ1) is 14.9. The Morgan fingerprint density at radius 1 is 1.50 bits per heavy atom. The molecule has 1 amide bonds. The lowest BCUT2D eigenvalue weighted by Gasteiger charge is -2.29. The van der Waals surface area contributed by atoms with Crippen LogP contribution >= 0.6 is 11.3 Å². The Hall–Kier alpha value is -1.51. The molecule has 1 aromatic rings. The first-order valence-corrected chi connectivity index (χ1v) is 7.35. The molecule has 0 aromatic carbocycles. The molecule has 0 atom stereocenters. The predicted octanol–water partition coefficient (Wildman–Crippen LogP) is -0.119. The highest BCUT2D eigenvalue weighted by Crippen LogP contribution is 2.10. The molecule has 0 aliphatic carbocycles. The fraction of sp³-hybridized carbons (Fsp3) is 0.583. The Kier molecular flexibility index (Phi) is 5.05. The predicted molar refractivity (Wildman–Crippen MR) is 74.6 cm³/mol. The van der Waals surface area contributed by atoms with Crippen LogP contribution in [0.1, 0.15) is 28.3 Å². The first-order chi connectivity index (χ1) is 9.54. The van der Waals surface area contributed by atoms with E-state index >= 15 is 0 Å². The van der Waals surface area contributed by atoms with Gasteiger partial charge in [-0.15, -0.1) is 11.3 Å². The number of carbonyl (C=O) groups is 2. The number of aromatic nitrogens is 1. The van der Waals surface area contributed by atoms with E-state index in [9.17, 15) is 9.59 Å². The van der Waals surface area contributed by atoms with E-state index in [1.54, 1.807) is 0 Å². The van der Waals surface area contributed by atoms with E-state index in [1.165, 1.54) is 16.7 Å². The summed E-state index contributed by atoms with van der Waals surface area (Å²) in [5, 5.41) is 13.6. The van der Waals surface area contributed by atoms with E-state index in [2.05, 4.69) is 15.2 Å². The smallest absolute Gasteiger partial charge is 0.355 e. The number of carboxylic acids is 1. The number of amides is 1. The van der Waals surface area contributed by atoms with Gasteiger partial charge in [0.2, 0.25) is 5.91 Å². The third-order valence-corrected chi connectivity index (χ3v) is 4.06. The number of hydrogen-bond acceptors (Lipinski definition) is 6. The number of thiazole rings is 1. The molecule has 0 saturated carbocycles. The van der Waals surface area contributed by atoms with Crippen LogP contribution in [0.15, 0.2) is 5.38 Å². The number of nitrogens with zero attached hydrogens (tertiary/aromatic N) is 2. The summed E-state index contributed by atoms with van der Waals surface area (Å²) in [7, 11) is 0. The maximum Gasteiger partial charge on any atom is 0.355 e. The molecule has 110 valence electrons. The number of hydrogen-bond donors (Lipinski definition) is 3. The number of likely N-dealkylation sites (tertiary alicyclic amines) is 1. The van der Waals surface area contributed by atoms with Crippen molar-refractivity contribution in [2.45, 2.75) is 25.4 Å². The maximum atomic E-state index is 11.8. The number of nitrogens with two attached hydrogens (primary N) is 1. The molecule has 0 spiro atoms. The third-order valence-electron chi connectivity index (χ3n) is 3.21. The first-order valence-electron chi connectivity index (χ1n) is 6.47. The Labute approximate surface area is 120 Å². The Balaban J connectivity index is 1.73. The molecule has 4 N–H and O–H groups in total. The van der Waals surface area contributed by atoms with Gasteiger partial charge in [0.15, 0.2) is 5.69 Å². The highest BCUT2D eigenvalue weighted by molar-refractivity contribution is 7.09. The average Bonchev–Trinajstić information content (AvgIpc) is 2.88. The van der Waals surface area contributed by atoms with Crippen molar-refractivity contribution < 1.29 is 14.7 Å². The van der Waals surface area contributed by atoms with Crippen LogP contribution in [0.5, 0.6) is 0 Å². The van der Waals surface area contributed by atoms with Crippen LogP contribution in [-0.2, 0) is 11.3 Å². The van der Waals surface area contributed by atoms with Crippen LogP contribution in [0.4, 0.5) is 0 Å². The molecule has 0 bridgehead atoms. The second-order valence-electron chi connectivity index (χ2n) is 4.82.